The van der Waals surface area contributed by atoms with Crippen molar-refractivity contribution in [2.75, 3.05) is 0 Å². The van der Waals surface area contributed by atoms with Crippen LogP contribution < -0.4 is 0 Å². The normalized spacial score (nSPS) is 20.2. The summed E-state index contributed by atoms with van der Waals surface area (Å²) in [5, 5.41) is 14.3. The third-order valence-corrected chi connectivity index (χ3v) is 4.81. The number of carbonyl (C=O) groups is 1. The van der Waals surface area contributed by atoms with Crippen LogP contribution in [0.5, 0.6) is 0 Å². The number of aliphatic hydroxyl groups is 1. The molecule has 136 valence electrons. The molecule has 1 heterocycles. The molecule has 0 aliphatic carbocycles. The number of nitrogens with zero attached hydrogens (tertiary/aromatic N) is 2. The van der Waals surface area contributed by atoms with Crippen LogP contribution in [-0.2, 0) is 0 Å². The standard InChI is InChI=1S/C18H14BrF3N2O2/c1-11-6-8-12(9-7-11)15-10-17(26,18(20,21)22)24(23-15)16(25)13-4-2-3-5-14(13)19/h2-9,26H,10H2,1H3. The third-order valence-electron chi connectivity index (χ3n) is 4.12. The summed E-state index contributed by atoms with van der Waals surface area (Å²) in [6, 6.07) is 12.7. The van der Waals surface area contributed by atoms with Crippen LogP contribution in [0.25, 0.3) is 0 Å². The molecule has 2 aromatic carbocycles. The molecule has 3 rings (SSSR count). The molecule has 0 aromatic heterocycles. The fraction of sp³-hybridized carbons (Fsp3) is 0.222. The molecule has 1 amide bonds. The minimum Gasteiger partial charge on any atom is -0.362 e. The lowest BCUT2D eigenvalue weighted by molar-refractivity contribution is -0.297. The molecule has 1 N–H and O–H groups in total. The van der Waals surface area contributed by atoms with E-state index in [1.54, 1.807) is 30.3 Å². The summed E-state index contributed by atoms with van der Waals surface area (Å²) in [6.07, 6.45) is -5.91. The van der Waals surface area contributed by atoms with Crippen LogP contribution in [0.3, 0.4) is 0 Å². The van der Waals surface area contributed by atoms with Crippen molar-refractivity contribution in [3.05, 3.63) is 69.7 Å². The Hall–Kier alpha value is -2.19. The average molecular weight is 427 g/mol. The van der Waals surface area contributed by atoms with Gasteiger partial charge in [-0.05, 0) is 40.5 Å². The van der Waals surface area contributed by atoms with Crippen molar-refractivity contribution in [1.29, 1.82) is 0 Å². The highest BCUT2D eigenvalue weighted by Crippen LogP contribution is 2.42. The summed E-state index contributed by atoms with van der Waals surface area (Å²) in [6.45, 7) is 1.84. The molecule has 0 bridgehead atoms. The molecule has 0 spiro atoms. The molecule has 1 unspecified atom stereocenters. The molecule has 0 saturated carbocycles. The Balaban J connectivity index is 2.07. The maximum atomic E-state index is 13.6. The highest BCUT2D eigenvalue weighted by atomic mass is 79.9. The van der Waals surface area contributed by atoms with E-state index in [9.17, 15) is 23.1 Å². The van der Waals surface area contributed by atoms with E-state index in [-0.39, 0.29) is 16.3 Å². The van der Waals surface area contributed by atoms with Gasteiger partial charge in [0.05, 0.1) is 17.7 Å². The Kier molecular flexibility index (Phi) is 4.66. The van der Waals surface area contributed by atoms with E-state index in [0.717, 1.165) is 5.56 Å². The predicted octanol–water partition coefficient (Wildman–Crippen LogP) is 4.26. The first-order chi connectivity index (χ1) is 12.1. The number of hydrazone groups is 1. The molecule has 8 heteroatoms. The van der Waals surface area contributed by atoms with E-state index < -0.39 is 24.2 Å². The highest BCUT2D eigenvalue weighted by molar-refractivity contribution is 9.10. The number of amides is 1. The van der Waals surface area contributed by atoms with Gasteiger partial charge in [0.25, 0.3) is 11.6 Å². The van der Waals surface area contributed by atoms with Gasteiger partial charge in [-0.2, -0.15) is 23.3 Å². The van der Waals surface area contributed by atoms with Crippen molar-refractivity contribution in [2.24, 2.45) is 5.10 Å². The fourth-order valence-corrected chi connectivity index (χ4v) is 3.09. The van der Waals surface area contributed by atoms with Gasteiger partial charge < -0.3 is 5.11 Å². The number of halogens is 4. The molecule has 0 radical (unpaired) electrons. The Morgan fingerprint density at radius 3 is 2.38 bits per heavy atom. The van der Waals surface area contributed by atoms with Crippen molar-refractivity contribution < 1.29 is 23.1 Å². The van der Waals surface area contributed by atoms with Gasteiger partial charge >= 0.3 is 6.18 Å². The number of benzene rings is 2. The van der Waals surface area contributed by atoms with Crippen LogP contribution in [0.2, 0.25) is 0 Å². The summed E-state index contributed by atoms with van der Waals surface area (Å²) in [4.78, 5) is 12.7. The van der Waals surface area contributed by atoms with E-state index in [1.807, 2.05) is 6.92 Å². The maximum absolute atomic E-state index is 13.6. The van der Waals surface area contributed by atoms with Crippen LogP contribution in [0.15, 0.2) is 58.1 Å². The monoisotopic (exact) mass is 426 g/mol. The predicted molar refractivity (Wildman–Crippen MR) is 93.6 cm³/mol. The summed E-state index contributed by atoms with van der Waals surface area (Å²) in [5.41, 5.74) is -2.09. The Bertz CT molecular complexity index is 881. The van der Waals surface area contributed by atoms with Crippen LogP contribution in [-0.4, -0.2) is 33.6 Å². The van der Waals surface area contributed by atoms with Crippen molar-refractivity contribution in [3.8, 4) is 0 Å². The van der Waals surface area contributed by atoms with Crippen molar-refractivity contribution in [1.82, 2.24) is 5.01 Å². The smallest absolute Gasteiger partial charge is 0.362 e. The molecule has 0 saturated heterocycles. The molecule has 4 nitrogen and oxygen atoms in total. The number of rotatable bonds is 2. The van der Waals surface area contributed by atoms with Crippen LogP contribution in [0.1, 0.15) is 27.9 Å². The molecule has 26 heavy (non-hydrogen) atoms. The fourth-order valence-electron chi connectivity index (χ4n) is 2.64. The van der Waals surface area contributed by atoms with Gasteiger partial charge in [-0.15, -0.1) is 0 Å². The lowest BCUT2D eigenvalue weighted by Gasteiger charge is -2.32. The van der Waals surface area contributed by atoms with Gasteiger partial charge in [-0.25, -0.2) is 0 Å². The van der Waals surface area contributed by atoms with Gasteiger partial charge in [-0.1, -0.05) is 42.0 Å². The second kappa shape index (κ2) is 6.51. The number of aryl methyl sites for hydroxylation is 1. The number of hydrogen-bond acceptors (Lipinski definition) is 3. The molecule has 1 aliphatic heterocycles. The summed E-state index contributed by atoms with van der Waals surface area (Å²) >= 11 is 3.14. The largest absolute Gasteiger partial charge is 0.438 e. The molecule has 1 atom stereocenters. The average Bonchev–Trinajstić information content (AvgIpc) is 2.94. The maximum Gasteiger partial charge on any atom is 0.438 e. The highest BCUT2D eigenvalue weighted by Gasteiger charge is 2.63. The lowest BCUT2D eigenvalue weighted by Crippen LogP contribution is -2.56. The zero-order valence-electron chi connectivity index (χ0n) is 13.6. The summed E-state index contributed by atoms with van der Waals surface area (Å²) < 4.78 is 41.1. The number of carbonyl (C=O) groups excluding carboxylic acids is 1. The van der Waals surface area contributed by atoms with Gasteiger partial charge in [0.2, 0.25) is 0 Å². The van der Waals surface area contributed by atoms with Crippen molar-refractivity contribution >= 4 is 27.5 Å². The molecule has 0 fully saturated rings. The molecule has 2 aromatic rings. The first-order valence-electron chi connectivity index (χ1n) is 7.66. The van der Waals surface area contributed by atoms with Gasteiger partial charge in [-0.3, -0.25) is 4.79 Å². The zero-order valence-corrected chi connectivity index (χ0v) is 15.2. The second-order valence-electron chi connectivity index (χ2n) is 6.00. The van der Waals surface area contributed by atoms with Crippen LogP contribution in [0, 0.1) is 6.92 Å². The lowest BCUT2D eigenvalue weighted by atomic mass is 10.00. The van der Waals surface area contributed by atoms with E-state index >= 15 is 0 Å². The van der Waals surface area contributed by atoms with Gasteiger partial charge in [0.15, 0.2) is 0 Å². The van der Waals surface area contributed by atoms with E-state index in [2.05, 4.69) is 21.0 Å². The first-order valence-corrected chi connectivity index (χ1v) is 8.45. The minimum absolute atomic E-state index is 0.00905. The van der Waals surface area contributed by atoms with E-state index in [0.29, 0.717) is 10.0 Å². The van der Waals surface area contributed by atoms with Crippen LogP contribution in [0.4, 0.5) is 13.2 Å². The van der Waals surface area contributed by atoms with Crippen LogP contribution >= 0.6 is 15.9 Å². The SMILES string of the molecule is Cc1ccc(C2=NN(C(=O)c3ccccc3Br)C(O)(C(F)(F)F)C2)cc1. The van der Waals surface area contributed by atoms with E-state index in [1.165, 1.54) is 18.2 Å². The van der Waals surface area contributed by atoms with Gasteiger partial charge in [0.1, 0.15) is 0 Å². The quantitative estimate of drug-likeness (QED) is 0.779. The Morgan fingerprint density at radius 2 is 1.81 bits per heavy atom. The van der Waals surface area contributed by atoms with Crippen molar-refractivity contribution in [3.63, 3.8) is 0 Å². The molecular formula is C18H14BrF3N2O2. The van der Waals surface area contributed by atoms with Gasteiger partial charge in [0, 0.05) is 4.47 Å². The molecular weight excluding hydrogens is 413 g/mol. The number of hydrogen-bond donors (Lipinski definition) is 1. The summed E-state index contributed by atoms with van der Waals surface area (Å²) in [5.74, 6) is -1.04. The number of alkyl halides is 3. The molecule has 1 aliphatic rings. The van der Waals surface area contributed by atoms with E-state index in [4.69, 9.17) is 0 Å². The van der Waals surface area contributed by atoms with Crippen molar-refractivity contribution in [2.45, 2.75) is 25.2 Å². The topological polar surface area (TPSA) is 52.9 Å². The second-order valence-corrected chi connectivity index (χ2v) is 6.86. The summed E-state index contributed by atoms with van der Waals surface area (Å²) in [7, 11) is 0. The zero-order chi connectivity index (χ0) is 19.1. The minimum atomic E-state index is -5.07. The Morgan fingerprint density at radius 1 is 1.19 bits per heavy atom. The third kappa shape index (κ3) is 3.14. The first kappa shape index (κ1) is 18.6. The Labute approximate surface area is 156 Å².